The molecule has 0 heterocycles. The van der Waals surface area contributed by atoms with Crippen molar-refractivity contribution in [1.82, 2.24) is 5.32 Å². The number of hydrogen-bond acceptors (Lipinski definition) is 1. The molecule has 0 aliphatic rings. The number of benzene rings is 2. The summed E-state index contributed by atoms with van der Waals surface area (Å²) in [4.78, 5) is 12.0. The minimum absolute atomic E-state index is 0.131. The van der Waals surface area contributed by atoms with E-state index in [1.807, 2.05) is 31.2 Å². The molecule has 0 bridgehead atoms. The smallest absolute Gasteiger partial charge is 0.251 e. The number of carbonyl (C=O) groups is 1. The fourth-order valence-corrected chi connectivity index (χ4v) is 2.41. The summed E-state index contributed by atoms with van der Waals surface area (Å²) in [6.07, 6.45) is 0. The second-order valence-corrected chi connectivity index (χ2v) is 5.08. The normalized spacial score (nSPS) is 11.9. The first-order chi connectivity index (χ1) is 9.08. The van der Waals surface area contributed by atoms with Gasteiger partial charge < -0.3 is 5.32 Å². The van der Waals surface area contributed by atoms with Crippen molar-refractivity contribution in [2.45, 2.75) is 13.0 Å². The third kappa shape index (κ3) is 3.41. The van der Waals surface area contributed by atoms with Crippen LogP contribution in [0.2, 0.25) is 0 Å². The van der Waals surface area contributed by atoms with E-state index in [4.69, 9.17) is 0 Å². The van der Waals surface area contributed by atoms with Crippen LogP contribution in [0.3, 0.4) is 0 Å². The van der Waals surface area contributed by atoms with Gasteiger partial charge in [-0.3, -0.25) is 4.79 Å². The lowest BCUT2D eigenvalue weighted by atomic mass is 10.1. The van der Waals surface area contributed by atoms with Crippen molar-refractivity contribution in [3.63, 3.8) is 0 Å². The molecule has 2 rings (SSSR count). The van der Waals surface area contributed by atoms with Gasteiger partial charge in [-0.1, -0.05) is 34.1 Å². The van der Waals surface area contributed by atoms with E-state index < -0.39 is 0 Å². The van der Waals surface area contributed by atoms with Crippen molar-refractivity contribution in [3.8, 4) is 0 Å². The Labute approximate surface area is 119 Å². The molecule has 0 aromatic heterocycles. The summed E-state index contributed by atoms with van der Waals surface area (Å²) in [7, 11) is 0. The van der Waals surface area contributed by atoms with Gasteiger partial charge in [0.2, 0.25) is 0 Å². The predicted molar refractivity (Wildman–Crippen MR) is 76.4 cm³/mol. The van der Waals surface area contributed by atoms with Crippen molar-refractivity contribution < 1.29 is 9.18 Å². The van der Waals surface area contributed by atoms with Crippen LogP contribution in [-0.2, 0) is 0 Å². The van der Waals surface area contributed by atoms with E-state index >= 15 is 0 Å². The van der Waals surface area contributed by atoms with E-state index in [-0.39, 0.29) is 17.8 Å². The van der Waals surface area contributed by atoms with Crippen LogP contribution in [0.1, 0.15) is 28.9 Å². The Bertz CT molecular complexity index is 583. The zero-order valence-electron chi connectivity index (χ0n) is 10.4. The average molecular weight is 322 g/mol. The third-order valence-corrected chi connectivity index (χ3v) is 3.55. The van der Waals surface area contributed by atoms with Crippen LogP contribution in [0, 0.1) is 5.82 Å². The summed E-state index contributed by atoms with van der Waals surface area (Å²) in [6.45, 7) is 1.90. The molecule has 0 radical (unpaired) electrons. The van der Waals surface area contributed by atoms with Crippen LogP contribution in [0.4, 0.5) is 4.39 Å². The molecule has 1 amide bonds. The highest BCUT2D eigenvalue weighted by molar-refractivity contribution is 9.10. The highest BCUT2D eigenvalue weighted by Crippen LogP contribution is 2.22. The lowest BCUT2D eigenvalue weighted by molar-refractivity contribution is 0.0939. The largest absolute Gasteiger partial charge is 0.345 e. The van der Waals surface area contributed by atoms with Gasteiger partial charge in [-0.2, -0.15) is 0 Å². The Morgan fingerprint density at radius 2 is 1.79 bits per heavy atom. The van der Waals surface area contributed by atoms with Gasteiger partial charge >= 0.3 is 0 Å². The summed E-state index contributed by atoms with van der Waals surface area (Å²) >= 11 is 3.45. The third-order valence-electron chi connectivity index (χ3n) is 2.83. The standard InChI is InChI=1S/C15H13BrFNO/c1-10(13-4-2-3-5-14(13)16)18-15(19)11-6-8-12(17)9-7-11/h2-10H,1H3,(H,18,19). The Morgan fingerprint density at radius 1 is 1.16 bits per heavy atom. The maximum Gasteiger partial charge on any atom is 0.251 e. The molecule has 1 unspecified atom stereocenters. The van der Waals surface area contributed by atoms with E-state index in [1.165, 1.54) is 24.3 Å². The van der Waals surface area contributed by atoms with Crippen molar-refractivity contribution in [2.75, 3.05) is 0 Å². The number of carbonyl (C=O) groups excluding carboxylic acids is 1. The molecule has 0 aliphatic heterocycles. The number of nitrogens with one attached hydrogen (secondary N) is 1. The first-order valence-corrected chi connectivity index (χ1v) is 6.68. The first-order valence-electron chi connectivity index (χ1n) is 5.89. The van der Waals surface area contributed by atoms with E-state index in [0.717, 1.165) is 10.0 Å². The molecule has 0 spiro atoms. The molecule has 2 aromatic carbocycles. The Kier molecular flexibility index (Phi) is 4.32. The number of hydrogen-bond donors (Lipinski definition) is 1. The highest BCUT2D eigenvalue weighted by atomic mass is 79.9. The highest BCUT2D eigenvalue weighted by Gasteiger charge is 2.13. The lowest BCUT2D eigenvalue weighted by Gasteiger charge is -2.15. The Hall–Kier alpha value is -1.68. The predicted octanol–water partition coefficient (Wildman–Crippen LogP) is 4.08. The summed E-state index contributed by atoms with van der Waals surface area (Å²) in [5.41, 5.74) is 1.44. The molecular formula is C15H13BrFNO. The van der Waals surface area contributed by atoms with Crippen LogP contribution >= 0.6 is 15.9 Å². The number of rotatable bonds is 3. The van der Waals surface area contributed by atoms with Crippen LogP contribution in [0.25, 0.3) is 0 Å². The second-order valence-electron chi connectivity index (χ2n) is 4.22. The van der Waals surface area contributed by atoms with Crippen molar-refractivity contribution in [3.05, 3.63) is 69.9 Å². The lowest BCUT2D eigenvalue weighted by Crippen LogP contribution is -2.26. The molecule has 2 aromatic rings. The van der Waals surface area contributed by atoms with Gasteiger partial charge in [0, 0.05) is 10.0 Å². The van der Waals surface area contributed by atoms with Gasteiger partial charge in [0.25, 0.3) is 5.91 Å². The monoisotopic (exact) mass is 321 g/mol. The minimum atomic E-state index is -0.351. The SMILES string of the molecule is CC(NC(=O)c1ccc(F)cc1)c1ccccc1Br. The summed E-state index contributed by atoms with van der Waals surface area (Å²) in [5, 5.41) is 2.88. The van der Waals surface area contributed by atoms with Gasteiger partial charge in [-0.25, -0.2) is 4.39 Å². The molecule has 0 saturated carbocycles. The Morgan fingerprint density at radius 3 is 2.42 bits per heavy atom. The van der Waals surface area contributed by atoms with Crippen molar-refractivity contribution >= 4 is 21.8 Å². The van der Waals surface area contributed by atoms with E-state index in [0.29, 0.717) is 5.56 Å². The van der Waals surface area contributed by atoms with Gasteiger partial charge in [0.15, 0.2) is 0 Å². The molecule has 4 heteroatoms. The molecule has 2 nitrogen and oxygen atoms in total. The van der Waals surface area contributed by atoms with E-state index in [1.54, 1.807) is 0 Å². The van der Waals surface area contributed by atoms with Crippen molar-refractivity contribution in [2.24, 2.45) is 0 Å². The number of amides is 1. The van der Waals surface area contributed by atoms with Crippen LogP contribution in [-0.4, -0.2) is 5.91 Å². The summed E-state index contributed by atoms with van der Waals surface area (Å²) in [5.74, 6) is -0.571. The maximum absolute atomic E-state index is 12.8. The van der Waals surface area contributed by atoms with Gasteiger partial charge in [0.05, 0.1) is 6.04 Å². The zero-order valence-corrected chi connectivity index (χ0v) is 11.9. The zero-order chi connectivity index (χ0) is 13.8. The molecule has 1 atom stereocenters. The molecule has 98 valence electrons. The summed E-state index contributed by atoms with van der Waals surface area (Å²) in [6, 6.07) is 13.1. The van der Waals surface area contributed by atoms with Crippen molar-refractivity contribution in [1.29, 1.82) is 0 Å². The maximum atomic E-state index is 12.8. The topological polar surface area (TPSA) is 29.1 Å². The van der Waals surface area contributed by atoms with E-state index in [2.05, 4.69) is 21.2 Å². The number of halogens is 2. The fourth-order valence-electron chi connectivity index (χ4n) is 1.79. The first kappa shape index (κ1) is 13.7. The van der Waals surface area contributed by atoms with Crippen LogP contribution in [0.15, 0.2) is 53.0 Å². The second kappa shape index (κ2) is 5.97. The Balaban J connectivity index is 2.11. The molecule has 19 heavy (non-hydrogen) atoms. The molecular weight excluding hydrogens is 309 g/mol. The molecule has 0 saturated heterocycles. The molecule has 0 aliphatic carbocycles. The van der Waals surface area contributed by atoms with Gasteiger partial charge in [0.1, 0.15) is 5.82 Å². The molecule has 1 N–H and O–H groups in total. The quantitative estimate of drug-likeness (QED) is 0.906. The van der Waals surface area contributed by atoms with Gasteiger partial charge in [-0.15, -0.1) is 0 Å². The molecule has 0 fully saturated rings. The average Bonchev–Trinajstić information content (AvgIpc) is 2.39. The van der Waals surface area contributed by atoms with Crippen LogP contribution < -0.4 is 5.32 Å². The van der Waals surface area contributed by atoms with E-state index in [9.17, 15) is 9.18 Å². The van der Waals surface area contributed by atoms with Crippen LogP contribution in [0.5, 0.6) is 0 Å². The minimum Gasteiger partial charge on any atom is -0.345 e. The summed E-state index contributed by atoms with van der Waals surface area (Å²) < 4.78 is 13.7. The fraction of sp³-hybridized carbons (Fsp3) is 0.133. The van der Waals surface area contributed by atoms with Gasteiger partial charge in [-0.05, 0) is 42.8 Å².